The Balaban J connectivity index is 1.43. The number of carbonyl (C=O) groups is 3. The third-order valence-electron chi connectivity index (χ3n) is 4.12. The monoisotopic (exact) mass is 377 g/mol. The minimum Gasteiger partial charge on any atom is -0.455 e. The molecule has 0 bridgehead atoms. The van der Waals surface area contributed by atoms with E-state index in [0.29, 0.717) is 35.7 Å². The fourth-order valence-electron chi connectivity index (χ4n) is 2.74. The number of nitrogens with two attached hydrogens (primary N) is 1. The number of amides is 2. The van der Waals surface area contributed by atoms with Crippen LogP contribution >= 0.6 is 11.8 Å². The summed E-state index contributed by atoms with van der Waals surface area (Å²) in [6.07, 6.45) is 1.39. The van der Waals surface area contributed by atoms with Crippen molar-refractivity contribution in [1.29, 1.82) is 0 Å². The number of likely N-dealkylation sites (tertiary alicyclic amines) is 1. The Kier molecular flexibility index (Phi) is 5.77. The van der Waals surface area contributed by atoms with Crippen LogP contribution in [-0.4, -0.2) is 53.1 Å². The Morgan fingerprint density at radius 1 is 1.35 bits per heavy atom. The van der Waals surface area contributed by atoms with E-state index >= 15 is 0 Å². The van der Waals surface area contributed by atoms with E-state index < -0.39 is 11.9 Å². The van der Waals surface area contributed by atoms with Gasteiger partial charge in [-0.3, -0.25) is 14.4 Å². The van der Waals surface area contributed by atoms with Crippen molar-refractivity contribution in [3.63, 3.8) is 0 Å². The van der Waals surface area contributed by atoms with Crippen molar-refractivity contribution < 1.29 is 23.5 Å². The SMILES string of the molecule is NC(=O)[C@H]1CCCN(C(=O)COC(=O)CSc2nc3ccccc3o2)C1. The van der Waals surface area contributed by atoms with Crippen LogP contribution in [0.25, 0.3) is 11.1 Å². The molecular formula is C17H19N3O5S. The first-order valence-electron chi connectivity index (χ1n) is 8.24. The van der Waals surface area contributed by atoms with E-state index in [4.69, 9.17) is 14.9 Å². The lowest BCUT2D eigenvalue weighted by molar-refractivity contribution is -0.151. The molecule has 2 heterocycles. The topological polar surface area (TPSA) is 116 Å². The van der Waals surface area contributed by atoms with Gasteiger partial charge in [-0.2, -0.15) is 0 Å². The third-order valence-corrected chi connectivity index (χ3v) is 4.92. The number of oxazole rings is 1. The van der Waals surface area contributed by atoms with E-state index in [0.717, 1.165) is 11.8 Å². The number of benzene rings is 1. The maximum atomic E-state index is 12.1. The van der Waals surface area contributed by atoms with Crippen LogP contribution in [0.3, 0.4) is 0 Å². The van der Waals surface area contributed by atoms with Crippen LogP contribution in [-0.2, 0) is 19.1 Å². The fourth-order valence-corrected chi connectivity index (χ4v) is 3.38. The van der Waals surface area contributed by atoms with Crippen LogP contribution in [0, 0.1) is 5.92 Å². The number of aromatic nitrogens is 1. The van der Waals surface area contributed by atoms with Crippen molar-refractivity contribution in [2.24, 2.45) is 11.7 Å². The van der Waals surface area contributed by atoms with Crippen molar-refractivity contribution in [2.75, 3.05) is 25.4 Å². The second-order valence-corrected chi connectivity index (χ2v) is 6.90. The van der Waals surface area contributed by atoms with E-state index in [9.17, 15) is 14.4 Å². The van der Waals surface area contributed by atoms with Gasteiger partial charge in [0.25, 0.3) is 11.1 Å². The molecule has 1 aliphatic heterocycles. The largest absolute Gasteiger partial charge is 0.455 e. The Morgan fingerprint density at radius 2 is 2.15 bits per heavy atom. The number of hydrogen-bond donors (Lipinski definition) is 1. The summed E-state index contributed by atoms with van der Waals surface area (Å²) in [4.78, 5) is 41.0. The highest BCUT2D eigenvalue weighted by atomic mass is 32.2. The molecule has 26 heavy (non-hydrogen) atoms. The molecule has 1 aliphatic rings. The molecule has 1 fully saturated rings. The molecule has 0 radical (unpaired) electrons. The third kappa shape index (κ3) is 4.54. The number of para-hydroxylation sites is 2. The lowest BCUT2D eigenvalue weighted by Gasteiger charge is -2.31. The Bertz CT molecular complexity index is 789. The first-order valence-corrected chi connectivity index (χ1v) is 9.22. The van der Waals surface area contributed by atoms with Gasteiger partial charge in [-0.25, -0.2) is 4.98 Å². The predicted molar refractivity (Wildman–Crippen MR) is 94.2 cm³/mol. The molecule has 1 aromatic heterocycles. The number of ether oxygens (including phenoxy) is 1. The molecule has 1 saturated heterocycles. The van der Waals surface area contributed by atoms with E-state index in [-0.39, 0.29) is 30.7 Å². The van der Waals surface area contributed by atoms with Gasteiger partial charge in [0.1, 0.15) is 11.3 Å². The molecule has 1 aromatic carbocycles. The minimum atomic E-state index is -0.533. The minimum absolute atomic E-state index is 0.00991. The fraction of sp³-hybridized carbons (Fsp3) is 0.412. The lowest BCUT2D eigenvalue weighted by Crippen LogP contribution is -2.45. The van der Waals surface area contributed by atoms with Gasteiger partial charge in [-0.05, 0) is 25.0 Å². The highest BCUT2D eigenvalue weighted by Crippen LogP contribution is 2.23. The molecule has 3 rings (SSSR count). The van der Waals surface area contributed by atoms with Crippen LogP contribution in [0.2, 0.25) is 0 Å². The Hall–Kier alpha value is -2.55. The quantitative estimate of drug-likeness (QED) is 0.594. The van der Waals surface area contributed by atoms with Crippen LogP contribution in [0.15, 0.2) is 33.9 Å². The standard InChI is InChI=1S/C17H19N3O5S/c18-16(23)11-4-3-7-20(8-11)14(21)9-24-15(22)10-26-17-19-12-5-1-2-6-13(12)25-17/h1-2,5-6,11H,3-4,7-10H2,(H2,18,23)/t11-/m0/s1. The van der Waals surface area contributed by atoms with Crippen molar-refractivity contribution in [2.45, 2.75) is 18.1 Å². The van der Waals surface area contributed by atoms with E-state index in [1.807, 2.05) is 18.2 Å². The summed E-state index contributed by atoms with van der Waals surface area (Å²) < 4.78 is 10.5. The summed E-state index contributed by atoms with van der Waals surface area (Å²) in [5.41, 5.74) is 6.66. The molecule has 0 aliphatic carbocycles. The van der Waals surface area contributed by atoms with Gasteiger partial charge in [0.2, 0.25) is 5.91 Å². The molecule has 138 valence electrons. The van der Waals surface area contributed by atoms with Crippen molar-refractivity contribution in [3.8, 4) is 0 Å². The summed E-state index contributed by atoms with van der Waals surface area (Å²) in [7, 11) is 0. The van der Waals surface area contributed by atoms with Gasteiger partial charge >= 0.3 is 5.97 Å². The highest BCUT2D eigenvalue weighted by Gasteiger charge is 2.27. The Labute approximate surface area is 154 Å². The van der Waals surface area contributed by atoms with Gasteiger partial charge < -0.3 is 19.8 Å². The zero-order chi connectivity index (χ0) is 18.5. The molecule has 1 atom stereocenters. The number of hydrogen-bond acceptors (Lipinski definition) is 7. The number of primary amides is 1. The lowest BCUT2D eigenvalue weighted by atomic mass is 9.97. The Morgan fingerprint density at radius 3 is 2.92 bits per heavy atom. The number of carbonyl (C=O) groups excluding carboxylic acids is 3. The van der Waals surface area contributed by atoms with Crippen molar-refractivity contribution in [3.05, 3.63) is 24.3 Å². The second-order valence-electron chi connectivity index (χ2n) is 5.98. The molecule has 2 aromatic rings. The number of esters is 1. The number of fused-ring (bicyclic) bond motifs is 1. The average Bonchev–Trinajstić information content (AvgIpc) is 3.07. The summed E-state index contributed by atoms with van der Waals surface area (Å²) >= 11 is 1.11. The summed E-state index contributed by atoms with van der Waals surface area (Å²) in [6.45, 7) is 0.472. The summed E-state index contributed by atoms with van der Waals surface area (Å²) in [5.74, 6) is -1.61. The molecule has 2 amide bonds. The first kappa shape index (κ1) is 18.2. The first-order chi connectivity index (χ1) is 12.5. The van der Waals surface area contributed by atoms with Gasteiger partial charge in [0.15, 0.2) is 12.2 Å². The average molecular weight is 377 g/mol. The van der Waals surface area contributed by atoms with Crippen LogP contribution < -0.4 is 5.73 Å². The predicted octanol–water partition coefficient (Wildman–Crippen LogP) is 1.19. The number of thioether (sulfide) groups is 1. The molecular weight excluding hydrogens is 358 g/mol. The number of nitrogens with zero attached hydrogens (tertiary/aromatic N) is 2. The maximum Gasteiger partial charge on any atom is 0.316 e. The van der Waals surface area contributed by atoms with Gasteiger partial charge in [0.05, 0.1) is 5.92 Å². The zero-order valence-corrected chi connectivity index (χ0v) is 14.9. The van der Waals surface area contributed by atoms with E-state index in [2.05, 4.69) is 4.98 Å². The molecule has 9 heteroatoms. The van der Waals surface area contributed by atoms with Crippen LogP contribution in [0.4, 0.5) is 0 Å². The molecule has 0 spiro atoms. The normalized spacial score (nSPS) is 17.2. The second kappa shape index (κ2) is 8.22. The molecule has 8 nitrogen and oxygen atoms in total. The summed E-state index contributed by atoms with van der Waals surface area (Å²) in [5, 5.41) is 0.370. The van der Waals surface area contributed by atoms with Gasteiger partial charge in [-0.1, -0.05) is 23.9 Å². The van der Waals surface area contributed by atoms with Crippen molar-refractivity contribution in [1.82, 2.24) is 9.88 Å². The maximum absolute atomic E-state index is 12.1. The summed E-state index contributed by atoms with van der Waals surface area (Å²) in [6, 6.07) is 7.30. The number of piperidine rings is 1. The van der Waals surface area contributed by atoms with Gasteiger partial charge in [0, 0.05) is 13.1 Å². The number of rotatable bonds is 6. The smallest absolute Gasteiger partial charge is 0.316 e. The molecule has 2 N–H and O–H groups in total. The van der Waals surface area contributed by atoms with E-state index in [1.54, 1.807) is 6.07 Å². The van der Waals surface area contributed by atoms with Gasteiger partial charge in [-0.15, -0.1) is 0 Å². The van der Waals surface area contributed by atoms with Crippen LogP contribution in [0.5, 0.6) is 0 Å². The molecule has 0 unspecified atom stereocenters. The van der Waals surface area contributed by atoms with Crippen LogP contribution in [0.1, 0.15) is 12.8 Å². The van der Waals surface area contributed by atoms with E-state index in [1.165, 1.54) is 4.90 Å². The van der Waals surface area contributed by atoms with Crippen molar-refractivity contribution >= 4 is 40.6 Å². The zero-order valence-electron chi connectivity index (χ0n) is 14.1. The highest BCUT2D eigenvalue weighted by molar-refractivity contribution is 7.99. The molecule has 0 saturated carbocycles.